The van der Waals surface area contributed by atoms with E-state index in [2.05, 4.69) is 5.32 Å². The number of nitrogens with one attached hydrogen (secondary N) is 1. The summed E-state index contributed by atoms with van der Waals surface area (Å²) < 4.78 is 10.5. The third kappa shape index (κ3) is 2.79. The number of para-hydroxylation sites is 1. The zero-order chi connectivity index (χ0) is 13.0. The summed E-state index contributed by atoms with van der Waals surface area (Å²) >= 11 is 0. The van der Waals surface area contributed by atoms with Gasteiger partial charge in [0.1, 0.15) is 0 Å². The second kappa shape index (κ2) is 5.22. The van der Waals surface area contributed by atoms with Gasteiger partial charge in [-0.3, -0.25) is 4.79 Å². The van der Waals surface area contributed by atoms with Crippen LogP contribution in [0.1, 0.15) is 5.56 Å². The Bertz CT molecular complexity index is 509. The molecule has 6 nitrogen and oxygen atoms in total. The summed E-state index contributed by atoms with van der Waals surface area (Å²) in [7, 11) is 0. The first-order chi connectivity index (χ1) is 8.66. The molecule has 0 spiro atoms. The third-order valence-corrected chi connectivity index (χ3v) is 2.31. The molecule has 0 atom stereocenters. The van der Waals surface area contributed by atoms with Crippen LogP contribution in [0.15, 0.2) is 30.4 Å². The number of carbonyl (C=O) groups is 2. The van der Waals surface area contributed by atoms with Crippen LogP contribution in [0, 0.1) is 0 Å². The van der Waals surface area contributed by atoms with Crippen molar-refractivity contribution in [2.45, 2.75) is 6.54 Å². The Hall–Kier alpha value is -2.50. The Kier molecular flexibility index (Phi) is 3.47. The van der Waals surface area contributed by atoms with E-state index in [4.69, 9.17) is 14.6 Å². The van der Waals surface area contributed by atoms with Crippen molar-refractivity contribution in [3.8, 4) is 11.5 Å². The van der Waals surface area contributed by atoms with Gasteiger partial charge in [-0.15, -0.1) is 0 Å². The van der Waals surface area contributed by atoms with E-state index < -0.39 is 11.9 Å². The Labute approximate surface area is 103 Å². The highest BCUT2D eigenvalue weighted by atomic mass is 16.7. The molecular formula is C12H11NO5. The molecule has 1 aliphatic heterocycles. The summed E-state index contributed by atoms with van der Waals surface area (Å²) in [5, 5.41) is 10.9. The molecule has 0 fully saturated rings. The second-order valence-corrected chi connectivity index (χ2v) is 3.54. The van der Waals surface area contributed by atoms with Crippen LogP contribution in [0.5, 0.6) is 11.5 Å². The average molecular weight is 249 g/mol. The summed E-state index contributed by atoms with van der Waals surface area (Å²) in [6.45, 7) is 0.411. The number of fused-ring (bicyclic) bond motifs is 1. The molecule has 1 aromatic rings. The van der Waals surface area contributed by atoms with E-state index in [0.717, 1.165) is 17.7 Å². The maximum Gasteiger partial charge on any atom is 0.328 e. The van der Waals surface area contributed by atoms with Crippen LogP contribution in [0.25, 0.3) is 0 Å². The molecule has 1 aliphatic rings. The van der Waals surface area contributed by atoms with Crippen LogP contribution in [0.3, 0.4) is 0 Å². The Balaban J connectivity index is 1.97. The largest absolute Gasteiger partial charge is 0.478 e. The smallest absolute Gasteiger partial charge is 0.328 e. The fourth-order valence-electron chi connectivity index (χ4n) is 1.52. The lowest BCUT2D eigenvalue weighted by molar-refractivity contribution is -0.131. The first-order valence-corrected chi connectivity index (χ1v) is 5.23. The molecule has 0 saturated heterocycles. The van der Waals surface area contributed by atoms with Gasteiger partial charge in [0.05, 0.1) is 0 Å². The van der Waals surface area contributed by atoms with Crippen molar-refractivity contribution in [3.05, 3.63) is 35.9 Å². The van der Waals surface area contributed by atoms with Crippen LogP contribution < -0.4 is 14.8 Å². The molecule has 94 valence electrons. The van der Waals surface area contributed by atoms with Crippen molar-refractivity contribution in [3.63, 3.8) is 0 Å². The summed E-state index contributed by atoms with van der Waals surface area (Å²) in [6, 6.07) is 5.37. The maximum atomic E-state index is 11.3. The van der Waals surface area contributed by atoms with Crippen LogP contribution in [0.4, 0.5) is 0 Å². The molecule has 0 aromatic heterocycles. The molecule has 0 saturated carbocycles. The van der Waals surface area contributed by atoms with E-state index in [9.17, 15) is 9.59 Å². The van der Waals surface area contributed by atoms with Crippen molar-refractivity contribution in [1.82, 2.24) is 5.32 Å². The zero-order valence-electron chi connectivity index (χ0n) is 9.38. The topological polar surface area (TPSA) is 84.9 Å². The molecule has 1 aromatic carbocycles. The number of benzene rings is 1. The lowest BCUT2D eigenvalue weighted by Gasteiger charge is -2.05. The summed E-state index contributed by atoms with van der Waals surface area (Å²) in [5.41, 5.74) is 0.780. The molecule has 18 heavy (non-hydrogen) atoms. The maximum absolute atomic E-state index is 11.3. The van der Waals surface area contributed by atoms with Crippen molar-refractivity contribution >= 4 is 11.9 Å². The number of carboxylic acid groups (broad SMARTS) is 1. The monoisotopic (exact) mass is 249 g/mol. The van der Waals surface area contributed by atoms with E-state index in [0.29, 0.717) is 11.5 Å². The number of rotatable bonds is 4. The van der Waals surface area contributed by atoms with Gasteiger partial charge in [0, 0.05) is 24.3 Å². The summed E-state index contributed by atoms with van der Waals surface area (Å²) in [5.74, 6) is -0.390. The highest BCUT2D eigenvalue weighted by molar-refractivity contribution is 5.93. The van der Waals surface area contributed by atoms with Crippen molar-refractivity contribution in [2.24, 2.45) is 0 Å². The Morgan fingerprint density at radius 1 is 1.33 bits per heavy atom. The number of hydrogen-bond donors (Lipinski definition) is 2. The van der Waals surface area contributed by atoms with Gasteiger partial charge in [0.25, 0.3) is 0 Å². The average Bonchev–Trinajstić information content (AvgIpc) is 2.82. The molecular weight excluding hydrogens is 238 g/mol. The van der Waals surface area contributed by atoms with Crippen LogP contribution in [0.2, 0.25) is 0 Å². The molecule has 1 heterocycles. The van der Waals surface area contributed by atoms with Gasteiger partial charge < -0.3 is 19.9 Å². The van der Waals surface area contributed by atoms with Crippen molar-refractivity contribution in [2.75, 3.05) is 6.79 Å². The first-order valence-electron chi connectivity index (χ1n) is 5.23. The van der Waals surface area contributed by atoms with Gasteiger partial charge in [0.2, 0.25) is 12.7 Å². The molecule has 2 N–H and O–H groups in total. The lowest BCUT2D eigenvalue weighted by Crippen LogP contribution is -2.20. The summed E-state index contributed by atoms with van der Waals surface area (Å²) in [4.78, 5) is 21.5. The van der Waals surface area contributed by atoms with Crippen molar-refractivity contribution in [1.29, 1.82) is 0 Å². The number of amides is 1. The minimum atomic E-state index is -1.16. The minimum absolute atomic E-state index is 0.166. The normalized spacial score (nSPS) is 12.7. The quantitative estimate of drug-likeness (QED) is 0.766. The molecule has 2 rings (SSSR count). The SMILES string of the molecule is O=C(O)C=CC(=O)NCc1cccc2c1OCO2. The molecule has 0 radical (unpaired) electrons. The van der Waals surface area contributed by atoms with Gasteiger partial charge in [-0.25, -0.2) is 4.79 Å². The second-order valence-electron chi connectivity index (χ2n) is 3.54. The van der Waals surface area contributed by atoms with Gasteiger partial charge in [0.15, 0.2) is 11.5 Å². The predicted octanol–water partition coefficient (Wildman–Crippen LogP) is 0.672. The third-order valence-electron chi connectivity index (χ3n) is 2.31. The van der Waals surface area contributed by atoms with Gasteiger partial charge in [-0.2, -0.15) is 0 Å². The first kappa shape index (κ1) is 12.0. The van der Waals surface area contributed by atoms with Gasteiger partial charge >= 0.3 is 5.97 Å². The summed E-state index contributed by atoms with van der Waals surface area (Å²) in [6.07, 6.45) is 1.74. The Morgan fingerprint density at radius 3 is 2.94 bits per heavy atom. The lowest BCUT2D eigenvalue weighted by atomic mass is 10.2. The van der Waals surface area contributed by atoms with Crippen LogP contribution in [-0.2, 0) is 16.1 Å². The molecule has 6 heteroatoms. The number of hydrogen-bond acceptors (Lipinski definition) is 4. The molecule has 0 unspecified atom stereocenters. The zero-order valence-corrected chi connectivity index (χ0v) is 9.38. The highest BCUT2D eigenvalue weighted by Crippen LogP contribution is 2.35. The van der Waals surface area contributed by atoms with E-state index in [1.807, 2.05) is 0 Å². The predicted molar refractivity (Wildman–Crippen MR) is 61.2 cm³/mol. The van der Waals surface area contributed by atoms with Gasteiger partial charge in [-0.05, 0) is 6.07 Å². The number of aliphatic carboxylic acids is 1. The molecule has 0 bridgehead atoms. The van der Waals surface area contributed by atoms with E-state index in [1.165, 1.54) is 0 Å². The molecule has 1 amide bonds. The number of ether oxygens (including phenoxy) is 2. The Morgan fingerprint density at radius 2 is 2.17 bits per heavy atom. The van der Waals surface area contributed by atoms with Crippen LogP contribution >= 0.6 is 0 Å². The fourth-order valence-corrected chi connectivity index (χ4v) is 1.52. The highest BCUT2D eigenvalue weighted by Gasteiger charge is 2.16. The standard InChI is InChI=1S/C12H11NO5/c14-10(4-5-11(15)16)13-6-8-2-1-3-9-12(8)18-7-17-9/h1-5H,6-7H2,(H,13,14)(H,15,16). The van der Waals surface area contributed by atoms with Gasteiger partial charge in [-0.1, -0.05) is 12.1 Å². The van der Waals surface area contributed by atoms with E-state index in [1.54, 1.807) is 18.2 Å². The van der Waals surface area contributed by atoms with Crippen LogP contribution in [-0.4, -0.2) is 23.8 Å². The van der Waals surface area contributed by atoms with Crippen molar-refractivity contribution < 1.29 is 24.2 Å². The number of carboxylic acids is 1. The van der Waals surface area contributed by atoms with E-state index in [-0.39, 0.29) is 13.3 Å². The minimum Gasteiger partial charge on any atom is -0.478 e. The van der Waals surface area contributed by atoms with E-state index >= 15 is 0 Å². The number of carbonyl (C=O) groups excluding carboxylic acids is 1. The fraction of sp³-hybridized carbons (Fsp3) is 0.167. The molecule has 0 aliphatic carbocycles.